The van der Waals surface area contributed by atoms with Gasteiger partial charge in [0, 0.05) is 16.6 Å². The Hall–Kier alpha value is -1.59. The fourth-order valence-electron chi connectivity index (χ4n) is 1.98. The van der Waals surface area contributed by atoms with Gasteiger partial charge in [0.15, 0.2) is 0 Å². The van der Waals surface area contributed by atoms with E-state index in [1.807, 2.05) is 0 Å². The molecule has 0 bridgehead atoms. The van der Waals surface area contributed by atoms with Crippen molar-refractivity contribution in [1.82, 2.24) is 0 Å². The van der Waals surface area contributed by atoms with Crippen molar-refractivity contribution in [3.05, 3.63) is 70.0 Å². The van der Waals surface area contributed by atoms with E-state index in [-0.39, 0.29) is 17.0 Å². The molecule has 0 aliphatic carbocycles. The smallest absolute Gasteiger partial charge is 0.324 e. The third-order valence-electron chi connectivity index (χ3n) is 3.15. The van der Waals surface area contributed by atoms with Crippen LogP contribution >= 0.6 is 11.6 Å². The lowest BCUT2D eigenvalue weighted by molar-refractivity contribution is -0.137. The number of halogens is 5. The van der Waals surface area contributed by atoms with Crippen molar-refractivity contribution in [3.8, 4) is 0 Å². The highest BCUT2D eigenvalue weighted by molar-refractivity contribution is 6.31. The lowest BCUT2D eigenvalue weighted by Crippen LogP contribution is -2.15. The van der Waals surface area contributed by atoms with Gasteiger partial charge >= 0.3 is 6.18 Å². The third-order valence-corrected chi connectivity index (χ3v) is 3.51. The average molecular weight is 318 g/mol. The van der Waals surface area contributed by atoms with E-state index in [2.05, 4.69) is 0 Å². The van der Waals surface area contributed by atoms with Gasteiger partial charge in [-0.15, -0.1) is 0 Å². The Morgan fingerprint density at radius 2 is 1.67 bits per heavy atom. The molecular weight excluding hydrogens is 306 g/mol. The van der Waals surface area contributed by atoms with Crippen LogP contribution in [0.15, 0.2) is 42.5 Å². The molecule has 1 atom stereocenters. The van der Waals surface area contributed by atoms with E-state index >= 15 is 0 Å². The molecule has 2 aromatic rings. The first-order valence-electron chi connectivity index (χ1n) is 6.14. The van der Waals surface area contributed by atoms with Gasteiger partial charge in [-0.1, -0.05) is 29.8 Å². The Morgan fingerprint density at radius 3 is 2.19 bits per heavy atom. The van der Waals surface area contributed by atoms with Crippen molar-refractivity contribution in [2.24, 2.45) is 5.73 Å². The molecule has 1 unspecified atom stereocenters. The van der Waals surface area contributed by atoms with Crippen LogP contribution < -0.4 is 5.73 Å². The molecule has 112 valence electrons. The fourth-order valence-corrected chi connectivity index (χ4v) is 2.22. The molecule has 0 radical (unpaired) electrons. The molecule has 0 amide bonds. The maximum absolute atomic E-state index is 13.7. The van der Waals surface area contributed by atoms with Crippen molar-refractivity contribution in [2.45, 2.75) is 18.6 Å². The summed E-state index contributed by atoms with van der Waals surface area (Å²) in [6.07, 6.45) is -4.28. The Morgan fingerprint density at radius 1 is 1.05 bits per heavy atom. The molecular formula is C15H12ClF4N. The lowest BCUT2D eigenvalue weighted by atomic mass is 9.98. The second-order valence-corrected chi connectivity index (χ2v) is 5.04. The number of alkyl halides is 3. The first-order chi connectivity index (χ1) is 9.79. The van der Waals surface area contributed by atoms with Crippen LogP contribution in [0, 0.1) is 5.82 Å². The van der Waals surface area contributed by atoms with Gasteiger partial charge in [-0.05, 0) is 36.2 Å². The number of nitrogens with two attached hydrogens (primary N) is 1. The first kappa shape index (κ1) is 15.8. The first-order valence-corrected chi connectivity index (χ1v) is 6.52. The predicted molar refractivity (Wildman–Crippen MR) is 73.5 cm³/mol. The summed E-state index contributed by atoms with van der Waals surface area (Å²) < 4.78 is 51.1. The maximum Gasteiger partial charge on any atom is 0.416 e. The van der Waals surface area contributed by atoms with Crippen LogP contribution in [0.25, 0.3) is 0 Å². The second-order valence-electron chi connectivity index (χ2n) is 4.63. The van der Waals surface area contributed by atoms with Crippen molar-refractivity contribution >= 4 is 11.6 Å². The molecule has 0 saturated carbocycles. The van der Waals surface area contributed by atoms with Gasteiger partial charge in [-0.3, -0.25) is 0 Å². The Balaban J connectivity index is 2.19. The van der Waals surface area contributed by atoms with Gasteiger partial charge in [-0.25, -0.2) is 4.39 Å². The topological polar surface area (TPSA) is 26.0 Å². The Bertz CT molecular complexity index is 602. The average Bonchev–Trinajstić information content (AvgIpc) is 2.42. The molecule has 0 aromatic heterocycles. The molecule has 1 nitrogen and oxygen atoms in total. The van der Waals surface area contributed by atoms with Crippen molar-refractivity contribution in [2.75, 3.05) is 0 Å². The summed E-state index contributed by atoms with van der Waals surface area (Å²) in [4.78, 5) is 0. The second kappa shape index (κ2) is 6.03. The number of rotatable bonds is 3. The van der Waals surface area contributed by atoms with Gasteiger partial charge in [0.25, 0.3) is 0 Å². The van der Waals surface area contributed by atoms with Crippen LogP contribution in [-0.4, -0.2) is 0 Å². The zero-order valence-corrected chi connectivity index (χ0v) is 11.5. The van der Waals surface area contributed by atoms with Crippen LogP contribution in [0.4, 0.5) is 17.6 Å². The van der Waals surface area contributed by atoms with Crippen LogP contribution in [0.3, 0.4) is 0 Å². The van der Waals surface area contributed by atoms with E-state index in [1.54, 1.807) is 6.07 Å². The van der Waals surface area contributed by atoms with Crippen molar-refractivity contribution < 1.29 is 17.6 Å². The minimum atomic E-state index is -4.39. The summed E-state index contributed by atoms with van der Waals surface area (Å²) in [5.74, 6) is -0.482. The van der Waals surface area contributed by atoms with Gasteiger partial charge in [0.05, 0.1) is 5.56 Å². The van der Waals surface area contributed by atoms with Gasteiger partial charge < -0.3 is 5.73 Å². The molecule has 2 aromatic carbocycles. The zero-order valence-electron chi connectivity index (χ0n) is 10.8. The predicted octanol–water partition coefficient (Wildman–Crippen LogP) is 4.74. The minimum Gasteiger partial charge on any atom is -0.324 e. The molecule has 6 heteroatoms. The molecule has 0 spiro atoms. The number of hydrogen-bond acceptors (Lipinski definition) is 1. The highest BCUT2D eigenvalue weighted by atomic mass is 35.5. The SMILES string of the molecule is NC(Cc1c(F)cccc1Cl)c1ccc(C(F)(F)F)cc1. The minimum absolute atomic E-state index is 0.108. The molecule has 0 saturated heterocycles. The van der Waals surface area contributed by atoms with Gasteiger partial charge in [0.1, 0.15) is 5.82 Å². The molecule has 0 fully saturated rings. The van der Waals surface area contributed by atoms with E-state index in [4.69, 9.17) is 17.3 Å². The van der Waals surface area contributed by atoms with Gasteiger partial charge in [0.2, 0.25) is 0 Å². The molecule has 0 aliphatic rings. The quantitative estimate of drug-likeness (QED) is 0.813. The summed E-state index contributed by atoms with van der Waals surface area (Å²) in [5.41, 5.74) is 5.91. The number of benzene rings is 2. The molecule has 2 N–H and O–H groups in total. The summed E-state index contributed by atoms with van der Waals surface area (Å²) in [6, 6.07) is 8.15. The standard InChI is InChI=1S/C15H12ClF4N/c16-12-2-1-3-13(17)11(12)8-14(21)9-4-6-10(7-5-9)15(18,19)20/h1-7,14H,8,21H2. The van der Waals surface area contributed by atoms with Crippen molar-refractivity contribution in [3.63, 3.8) is 0 Å². The van der Waals surface area contributed by atoms with Crippen LogP contribution in [0.1, 0.15) is 22.7 Å². The van der Waals surface area contributed by atoms with E-state index in [1.165, 1.54) is 24.3 Å². The Kier molecular flexibility index (Phi) is 4.54. The molecule has 0 aliphatic heterocycles. The van der Waals surface area contributed by atoms with Crippen LogP contribution in [0.2, 0.25) is 5.02 Å². The van der Waals surface area contributed by atoms with Crippen LogP contribution in [-0.2, 0) is 12.6 Å². The summed E-state index contributed by atoms with van der Waals surface area (Å²) in [7, 11) is 0. The van der Waals surface area contributed by atoms with Crippen LogP contribution in [0.5, 0.6) is 0 Å². The maximum atomic E-state index is 13.7. The summed E-state index contributed by atoms with van der Waals surface area (Å²) >= 11 is 5.90. The highest BCUT2D eigenvalue weighted by Gasteiger charge is 2.30. The largest absolute Gasteiger partial charge is 0.416 e. The van der Waals surface area contributed by atoms with Gasteiger partial charge in [-0.2, -0.15) is 13.2 Å². The fraction of sp³-hybridized carbons (Fsp3) is 0.200. The summed E-state index contributed by atoms with van der Waals surface area (Å²) in [6.45, 7) is 0. The Labute approximate surface area is 124 Å². The monoisotopic (exact) mass is 317 g/mol. The molecule has 0 heterocycles. The van der Waals surface area contributed by atoms with E-state index in [0.717, 1.165) is 12.1 Å². The third kappa shape index (κ3) is 3.74. The molecule has 2 rings (SSSR count). The van der Waals surface area contributed by atoms with Crippen molar-refractivity contribution in [1.29, 1.82) is 0 Å². The van der Waals surface area contributed by atoms with E-state index in [0.29, 0.717) is 5.56 Å². The summed E-state index contributed by atoms with van der Waals surface area (Å²) in [5, 5.41) is 0.248. The lowest BCUT2D eigenvalue weighted by Gasteiger charge is -2.15. The van der Waals surface area contributed by atoms with E-state index < -0.39 is 23.6 Å². The normalized spacial score (nSPS) is 13.2. The molecule has 21 heavy (non-hydrogen) atoms. The zero-order chi connectivity index (χ0) is 15.6. The highest BCUT2D eigenvalue weighted by Crippen LogP contribution is 2.30. The number of hydrogen-bond donors (Lipinski definition) is 1. The van der Waals surface area contributed by atoms with E-state index in [9.17, 15) is 17.6 Å².